The van der Waals surface area contributed by atoms with Crippen LogP contribution in [0.1, 0.15) is 31.2 Å². The van der Waals surface area contributed by atoms with Crippen molar-refractivity contribution < 1.29 is 35.9 Å². The maximum atomic E-state index is 12.5. The third-order valence-electron chi connectivity index (χ3n) is 4.25. The van der Waals surface area contributed by atoms with Crippen LogP contribution in [0.3, 0.4) is 0 Å². The number of halogens is 3. The van der Waals surface area contributed by atoms with E-state index in [-0.39, 0.29) is 18.1 Å². The van der Waals surface area contributed by atoms with Gasteiger partial charge in [0.25, 0.3) is 10.0 Å². The van der Waals surface area contributed by atoms with Crippen LogP contribution in [0.5, 0.6) is 0 Å². The molecular formula is C16H22F3N5O5S. The molecule has 3 heterocycles. The number of aryl methyl sites for hydroxylation is 1. The van der Waals surface area contributed by atoms with Crippen molar-refractivity contribution in [3.8, 4) is 0 Å². The molecule has 1 aliphatic rings. The predicted molar refractivity (Wildman–Crippen MR) is 96.5 cm³/mol. The molecular weight excluding hydrogens is 431 g/mol. The van der Waals surface area contributed by atoms with E-state index in [1.807, 2.05) is 0 Å². The number of carboxylic acids is 1. The molecule has 0 radical (unpaired) electrons. The van der Waals surface area contributed by atoms with Crippen LogP contribution >= 0.6 is 0 Å². The Hall–Kier alpha value is -2.45. The van der Waals surface area contributed by atoms with E-state index in [2.05, 4.69) is 28.7 Å². The summed E-state index contributed by atoms with van der Waals surface area (Å²) in [6.45, 7) is 7.10. The fourth-order valence-electron chi connectivity index (χ4n) is 2.60. The molecule has 0 saturated heterocycles. The van der Waals surface area contributed by atoms with Crippen molar-refractivity contribution in [3.63, 3.8) is 0 Å². The maximum absolute atomic E-state index is 12.5. The van der Waals surface area contributed by atoms with E-state index in [4.69, 9.17) is 14.3 Å². The van der Waals surface area contributed by atoms with Crippen molar-refractivity contribution in [2.75, 3.05) is 13.1 Å². The summed E-state index contributed by atoms with van der Waals surface area (Å²) >= 11 is 0. The fourth-order valence-corrected chi connectivity index (χ4v) is 3.92. The number of fused-ring (bicyclic) bond motifs is 1. The van der Waals surface area contributed by atoms with Crippen molar-refractivity contribution >= 4 is 16.0 Å². The van der Waals surface area contributed by atoms with Crippen LogP contribution < -0.4 is 0 Å². The van der Waals surface area contributed by atoms with Crippen molar-refractivity contribution in [2.24, 2.45) is 7.05 Å². The third kappa shape index (κ3) is 5.58. The van der Waals surface area contributed by atoms with Gasteiger partial charge in [0.1, 0.15) is 5.76 Å². The number of oxazole rings is 1. The van der Waals surface area contributed by atoms with Gasteiger partial charge in [0.15, 0.2) is 5.03 Å². The number of alkyl halides is 3. The van der Waals surface area contributed by atoms with E-state index in [1.165, 1.54) is 16.8 Å². The zero-order valence-corrected chi connectivity index (χ0v) is 17.4. The van der Waals surface area contributed by atoms with E-state index in [0.717, 1.165) is 13.1 Å². The van der Waals surface area contributed by atoms with Gasteiger partial charge in [0, 0.05) is 13.2 Å². The van der Waals surface area contributed by atoms with Crippen LogP contribution in [-0.2, 0) is 41.5 Å². The van der Waals surface area contributed by atoms with E-state index < -0.39 is 22.2 Å². The van der Waals surface area contributed by atoms with Gasteiger partial charge in [-0.2, -0.15) is 17.5 Å². The van der Waals surface area contributed by atoms with Crippen molar-refractivity contribution in [3.05, 3.63) is 29.9 Å². The second kappa shape index (κ2) is 9.14. The highest BCUT2D eigenvalue weighted by Gasteiger charge is 2.38. The van der Waals surface area contributed by atoms with Gasteiger partial charge in [-0.1, -0.05) is 13.8 Å². The molecule has 0 saturated carbocycles. The molecule has 0 spiro atoms. The lowest BCUT2D eigenvalue weighted by Gasteiger charge is -2.16. The normalized spacial score (nSPS) is 14.5. The number of hydrogen-bond acceptors (Lipinski definition) is 7. The lowest BCUT2D eigenvalue weighted by atomic mass is 10.4. The smallest absolute Gasteiger partial charge is 0.475 e. The monoisotopic (exact) mass is 453 g/mol. The van der Waals surface area contributed by atoms with Crippen LogP contribution in [0.15, 0.2) is 22.0 Å². The fraction of sp³-hybridized carbons (Fsp3) is 0.562. The van der Waals surface area contributed by atoms with Crippen LogP contribution in [0.4, 0.5) is 13.2 Å². The third-order valence-corrected chi connectivity index (χ3v) is 5.93. The van der Waals surface area contributed by atoms with E-state index in [9.17, 15) is 21.6 Å². The summed E-state index contributed by atoms with van der Waals surface area (Å²) in [7, 11) is -1.87. The molecule has 168 valence electrons. The van der Waals surface area contributed by atoms with Gasteiger partial charge in [-0.3, -0.25) is 4.90 Å². The number of carbonyl (C=O) groups is 1. The van der Waals surface area contributed by atoms with Gasteiger partial charge in [0.05, 0.1) is 31.7 Å². The molecule has 0 aliphatic carbocycles. The average molecular weight is 453 g/mol. The molecule has 0 amide bonds. The van der Waals surface area contributed by atoms with Crippen LogP contribution in [0.2, 0.25) is 0 Å². The molecule has 0 aromatic carbocycles. The minimum atomic E-state index is -5.08. The zero-order valence-electron chi connectivity index (χ0n) is 16.5. The quantitative estimate of drug-likeness (QED) is 0.700. The van der Waals surface area contributed by atoms with Crippen molar-refractivity contribution in [1.29, 1.82) is 0 Å². The second-order valence-corrected chi connectivity index (χ2v) is 8.28. The van der Waals surface area contributed by atoms with E-state index in [1.54, 1.807) is 11.6 Å². The number of nitrogens with zero attached hydrogens (tertiary/aromatic N) is 5. The molecule has 30 heavy (non-hydrogen) atoms. The van der Waals surface area contributed by atoms with Crippen molar-refractivity contribution in [1.82, 2.24) is 23.7 Å². The van der Waals surface area contributed by atoms with Gasteiger partial charge in [0.2, 0.25) is 5.89 Å². The first-order valence-corrected chi connectivity index (χ1v) is 10.3. The molecule has 3 rings (SSSR count). The Labute approximate surface area is 171 Å². The topological polar surface area (TPSA) is 122 Å². The highest BCUT2D eigenvalue weighted by molar-refractivity contribution is 7.89. The van der Waals surface area contributed by atoms with Gasteiger partial charge < -0.3 is 14.1 Å². The molecule has 0 bridgehead atoms. The number of aromatic nitrogens is 3. The highest BCUT2D eigenvalue weighted by Crippen LogP contribution is 2.28. The minimum Gasteiger partial charge on any atom is -0.475 e. The van der Waals surface area contributed by atoms with Gasteiger partial charge in [-0.15, -0.1) is 0 Å². The summed E-state index contributed by atoms with van der Waals surface area (Å²) in [5, 5.41) is 7.17. The molecule has 2 aromatic heterocycles. The number of rotatable bonds is 6. The molecule has 1 N–H and O–H groups in total. The zero-order chi connectivity index (χ0) is 22.7. The molecule has 10 nitrogen and oxygen atoms in total. The Morgan fingerprint density at radius 3 is 2.33 bits per heavy atom. The molecule has 1 aliphatic heterocycles. The lowest BCUT2D eigenvalue weighted by molar-refractivity contribution is -0.192. The number of carboxylic acid groups (broad SMARTS) is 1. The SMILES string of the molecule is CCN(CC)Cc1nc2c(o1)CN(S(=O)(=O)c1cn(C)cn1)C2.O=C(O)C(F)(F)F. The van der Waals surface area contributed by atoms with Gasteiger partial charge in [-0.25, -0.2) is 23.2 Å². The summed E-state index contributed by atoms with van der Waals surface area (Å²) in [5.41, 5.74) is 0.701. The Balaban J connectivity index is 0.000000396. The van der Waals surface area contributed by atoms with Gasteiger partial charge in [-0.05, 0) is 13.1 Å². The number of aliphatic carboxylic acids is 1. The summed E-state index contributed by atoms with van der Waals surface area (Å²) in [6.07, 6.45) is -2.12. The summed E-state index contributed by atoms with van der Waals surface area (Å²) < 4.78 is 65.5. The molecule has 0 unspecified atom stereocenters. The summed E-state index contributed by atoms with van der Waals surface area (Å²) in [6, 6.07) is 0. The van der Waals surface area contributed by atoms with E-state index in [0.29, 0.717) is 23.9 Å². The Bertz CT molecular complexity index is 958. The molecule has 2 aromatic rings. The standard InChI is InChI=1S/C14H21N5O3S.C2HF3O2/c1-4-18(5-2)8-13-16-11-6-19(7-12(11)22-13)23(20,21)14-9-17(3)10-15-14;3-2(4,5)1(6)7/h9-10H,4-8H2,1-3H3;(H,6,7). The van der Waals surface area contributed by atoms with Crippen LogP contribution in [0, 0.1) is 0 Å². The Morgan fingerprint density at radius 2 is 1.90 bits per heavy atom. The number of sulfonamides is 1. The Kier molecular flexibility index (Phi) is 7.26. The summed E-state index contributed by atoms with van der Waals surface area (Å²) in [5.74, 6) is -1.48. The summed E-state index contributed by atoms with van der Waals surface area (Å²) in [4.78, 5) is 19.5. The lowest BCUT2D eigenvalue weighted by Crippen LogP contribution is -2.26. The highest BCUT2D eigenvalue weighted by atomic mass is 32.2. The minimum absolute atomic E-state index is 0.0496. The van der Waals surface area contributed by atoms with Gasteiger partial charge >= 0.3 is 12.1 Å². The second-order valence-electron chi connectivity index (χ2n) is 6.39. The molecule has 14 heteroatoms. The van der Waals surface area contributed by atoms with Crippen LogP contribution in [0.25, 0.3) is 0 Å². The molecule has 0 fully saturated rings. The largest absolute Gasteiger partial charge is 0.490 e. The first-order chi connectivity index (χ1) is 13.9. The average Bonchev–Trinajstić information content (AvgIpc) is 3.34. The predicted octanol–water partition coefficient (Wildman–Crippen LogP) is 1.59. The van der Waals surface area contributed by atoms with Crippen LogP contribution in [-0.4, -0.2) is 62.5 Å². The van der Waals surface area contributed by atoms with Crippen molar-refractivity contribution in [2.45, 2.75) is 44.7 Å². The first kappa shape index (κ1) is 23.8. The number of imidazole rings is 1. The number of hydrogen-bond donors (Lipinski definition) is 1. The van der Waals surface area contributed by atoms with E-state index >= 15 is 0 Å². The molecule has 0 atom stereocenters. The Morgan fingerprint density at radius 1 is 1.30 bits per heavy atom. The first-order valence-electron chi connectivity index (χ1n) is 8.86. The maximum Gasteiger partial charge on any atom is 0.490 e.